The highest BCUT2D eigenvalue weighted by Gasteiger charge is 2.19. The van der Waals surface area contributed by atoms with Crippen LogP contribution in [0, 0.1) is 6.92 Å². The average Bonchev–Trinajstić information content (AvgIpc) is 3.23. The molecule has 1 aromatic heterocycles. The Kier molecular flexibility index (Phi) is 6.41. The van der Waals surface area contributed by atoms with Gasteiger partial charge in [-0.1, -0.05) is 90.5 Å². The minimum absolute atomic E-state index is 0.256. The van der Waals surface area contributed by atoms with Crippen LogP contribution in [-0.2, 0) is 6.54 Å². The molecular formula is C27H28N2O. The highest BCUT2D eigenvalue weighted by molar-refractivity contribution is 5.34. The predicted molar refractivity (Wildman–Crippen MR) is 121 cm³/mol. The highest BCUT2D eigenvalue weighted by Crippen LogP contribution is 2.32. The Morgan fingerprint density at radius 1 is 0.833 bits per heavy atom. The van der Waals surface area contributed by atoms with E-state index in [9.17, 15) is 5.11 Å². The number of hydrogen-bond acceptors (Lipinski definition) is 2. The lowest BCUT2D eigenvalue weighted by atomic mass is 9.86. The summed E-state index contributed by atoms with van der Waals surface area (Å²) in [6.45, 7) is 2.84. The molecule has 2 unspecified atom stereocenters. The van der Waals surface area contributed by atoms with E-state index in [0.717, 1.165) is 12.1 Å². The molecular weight excluding hydrogens is 368 g/mol. The Bertz CT molecular complexity index is 1060. The molecule has 0 aliphatic carbocycles. The molecule has 0 saturated heterocycles. The monoisotopic (exact) mass is 396 g/mol. The quantitative estimate of drug-likeness (QED) is 0.403. The standard InChI is InChI=1S/C27H28N2O/c1-21-9-8-14-24(17-21)25(23-12-6-3-7-13-23)15-16-27(30)26-18-28-20-29(26)19-22-10-4-2-5-11-22/h2-14,17-18,20,25,27,30H,15-16,19H2,1H3. The molecule has 1 N–H and O–H groups in total. The Hall–Kier alpha value is -3.17. The van der Waals surface area contributed by atoms with E-state index in [2.05, 4.69) is 72.6 Å². The largest absolute Gasteiger partial charge is 0.387 e. The molecule has 1 heterocycles. The molecule has 3 aromatic carbocycles. The van der Waals surface area contributed by atoms with Crippen LogP contribution < -0.4 is 0 Å². The molecule has 0 aliphatic heterocycles. The predicted octanol–water partition coefficient (Wildman–Crippen LogP) is 5.89. The van der Waals surface area contributed by atoms with E-state index >= 15 is 0 Å². The van der Waals surface area contributed by atoms with E-state index in [4.69, 9.17) is 0 Å². The third-order valence-electron chi connectivity index (χ3n) is 5.66. The molecule has 4 rings (SSSR count). The molecule has 30 heavy (non-hydrogen) atoms. The molecule has 0 saturated carbocycles. The molecule has 0 spiro atoms. The van der Waals surface area contributed by atoms with Crippen LogP contribution in [0.1, 0.15) is 52.8 Å². The van der Waals surface area contributed by atoms with E-state index in [1.54, 1.807) is 12.5 Å². The van der Waals surface area contributed by atoms with E-state index in [-0.39, 0.29) is 5.92 Å². The first-order valence-electron chi connectivity index (χ1n) is 10.5. The summed E-state index contributed by atoms with van der Waals surface area (Å²) in [6, 6.07) is 29.6. The third kappa shape index (κ3) is 4.87. The molecule has 152 valence electrons. The van der Waals surface area contributed by atoms with Gasteiger partial charge in [0, 0.05) is 12.5 Å². The number of aryl methyl sites for hydroxylation is 1. The van der Waals surface area contributed by atoms with Crippen molar-refractivity contribution in [3.8, 4) is 0 Å². The van der Waals surface area contributed by atoms with Gasteiger partial charge < -0.3 is 9.67 Å². The number of nitrogens with zero attached hydrogens (tertiary/aromatic N) is 2. The van der Waals surface area contributed by atoms with Gasteiger partial charge in [0.25, 0.3) is 0 Å². The molecule has 3 nitrogen and oxygen atoms in total. The number of aliphatic hydroxyl groups excluding tert-OH is 1. The van der Waals surface area contributed by atoms with Crippen molar-refractivity contribution in [3.05, 3.63) is 125 Å². The number of aromatic nitrogens is 2. The fraction of sp³-hybridized carbons (Fsp3) is 0.222. The average molecular weight is 397 g/mol. The van der Waals surface area contributed by atoms with E-state index in [1.807, 2.05) is 28.8 Å². The van der Waals surface area contributed by atoms with Crippen LogP contribution in [0.5, 0.6) is 0 Å². The Labute approximate surface area is 178 Å². The van der Waals surface area contributed by atoms with Crippen molar-refractivity contribution in [3.63, 3.8) is 0 Å². The molecule has 0 radical (unpaired) electrons. The van der Waals surface area contributed by atoms with Crippen molar-refractivity contribution >= 4 is 0 Å². The number of aliphatic hydroxyl groups is 1. The fourth-order valence-corrected chi connectivity index (χ4v) is 4.09. The van der Waals surface area contributed by atoms with E-state index in [1.165, 1.54) is 22.3 Å². The lowest BCUT2D eigenvalue weighted by molar-refractivity contribution is 0.154. The molecule has 0 aliphatic rings. The van der Waals surface area contributed by atoms with Crippen molar-refractivity contribution in [2.45, 2.75) is 38.3 Å². The zero-order valence-corrected chi connectivity index (χ0v) is 17.4. The smallest absolute Gasteiger partial charge is 0.0956 e. The van der Waals surface area contributed by atoms with Crippen LogP contribution >= 0.6 is 0 Å². The van der Waals surface area contributed by atoms with Gasteiger partial charge in [-0.25, -0.2) is 4.98 Å². The zero-order valence-electron chi connectivity index (χ0n) is 17.4. The lowest BCUT2D eigenvalue weighted by Crippen LogP contribution is -2.10. The van der Waals surface area contributed by atoms with Crippen LogP contribution in [0.4, 0.5) is 0 Å². The minimum atomic E-state index is -0.549. The molecule has 2 atom stereocenters. The van der Waals surface area contributed by atoms with Crippen LogP contribution in [0.25, 0.3) is 0 Å². The second-order valence-electron chi connectivity index (χ2n) is 7.90. The summed E-state index contributed by atoms with van der Waals surface area (Å²) >= 11 is 0. The molecule has 0 amide bonds. The SMILES string of the molecule is Cc1cccc(C(CCC(O)c2cncn2Cc2ccccc2)c2ccccc2)c1. The van der Waals surface area contributed by atoms with Gasteiger partial charge >= 0.3 is 0 Å². The summed E-state index contributed by atoms with van der Waals surface area (Å²) in [7, 11) is 0. The first kappa shape index (κ1) is 20.1. The Morgan fingerprint density at radius 3 is 2.27 bits per heavy atom. The maximum Gasteiger partial charge on any atom is 0.0956 e. The van der Waals surface area contributed by atoms with Crippen molar-refractivity contribution < 1.29 is 5.11 Å². The van der Waals surface area contributed by atoms with Crippen molar-refractivity contribution in [1.82, 2.24) is 9.55 Å². The second kappa shape index (κ2) is 9.55. The van der Waals surface area contributed by atoms with Gasteiger partial charge in [0.1, 0.15) is 0 Å². The van der Waals surface area contributed by atoms with Crippen LogP contribution in [0.2, 0.25) is 0 Å². The van der Waals surface area contributed by atoms with E-state index < -0.39 is 6.10 Å². The van der Waals surface area contributed by atoms with Crippen LogP contribution in [-0.4, -0.2) is 14.7 Å². The summed E-state index contributed by atoms with van der Waals surface area (Å²) in [4.78, 5) is 4.30. The molecule has 0 fully saturated rings. The summed E-state index contributed by atoms with van der Waals surface area (Å²) < 4.78 is 2.05. The topological polar surface area (TPSA) is 38.1 Å². The fourth-order valence-electron chi connectivity index (χ4n) is 4.09. The van der Waals surface area contributed by atoms with Crippen molar-refractivity contribution in [2.75, 3.05) is 0 Å². The van der Waals surface area contributed by atoms with Gasteiger partial charge in [0.2, 0.25) is 0 Å². The molecule has 4 aromatic rings. The number of benzene rings is 3. The van der Waals surface area contributed by atoms with Gasteiger partial charge in [-0.2, -0.15) is 0 Å². The van der Waals surface area contributed by atoms with Gasteiger partial charge in [-0.3, -0.25) is 0 Å². The number of rotatable bonds is 8. The number of imidazole rings is 1. The van der Waals surface area contributed by atoms with Gasteiger partial charge in [-0.05, 0) is 36.5 Å². The second-order valence-corrected chi connectivity index (χ2v) is 7.90. The van der Waals surface area contributed by atoms with Gasteiger partial charge in [0.05, 0.1) is 24.3 Å². The summed E-state index contributed by atoms with van der Waals surface area (Å²) in [5.74, 6) is 0.256. The van der Waals surface area contributed by atoms with Crippen LogP contribution in [0.15, 0.2) is 97.5 Å². The normalized spacial score (nSPS) is 13.1. The van der Waals surface area contributed by atoms with Gasteiger partial charge in [0.15, 0.2) is 0 Å². The minimum Gasteiger partial charge on any atom is -0.387 e. The number of hydrogen-bond donors (Lipinski definition) is 1. The Balaban J connectivity index is 1.51. The molecule has 3 heteroatoms. The van der Waals surface area contributed by atoms with E-state index in [0.29, 0.717) is 13.0 Å². The van der Waals surface area contributed by atoms with Crippen LogP contribution in [0.3, 0.4) is 0 Å². The Morgan fingerprint density at radius 2 is 1.53 bits per heavy atom. The van der Waals surface area contributed by atoms with Crippen molar-refractivity contribution in [1.29, 1.82) is 0 Å². The first-order chi connectivity index (χ1) is 14.7. The zero-order chi connectivity index (χ0) is 20.8. The maximum absolute atomic E-state index is 11.0. The first-order valence-corrected chi connectivity index (χ1v) is 10.5. The summed E-state index contributed by atoms with van der Waals surface area (Å²) in [6.07, 6.45) is 4.59. The maximum atomic E-state index is 11.0. The highest BCUT2D eigenvalue weighted by atomic mass is 16.3. The molecule has 0 bridgehead atoms. The lowest BCUT2D eigenvalue weighted by Gasteiger charge is -2.21. The van der Waals surface area contributed by atoms with Crippen molar-refractivity contribution in [2.24, 2.45) is 0 Å². The van der Waals surface area contributed by atoms with Gasteiger partial charge in [-0.15, -0.1) is 0 Å². The third-order valence-corrected chi connectivity index (χ3v) is 5.66. The summed E-state index contributed by atoms with van der Waals surface area (Å²) in [5.41, 5.74) is 5.91. The summed E-state index contributed by atoms with van der Waals surface area (Å²) in [5, 5.41) is 11.0.